The lowest BCUT2D eigenvalue weighted by molar-refractivity contribution is -0.0782. The van der Waals surface area contributed by atoms with Crippen LogP contribution in [0.15, 0.2) is 0 Å². The maximum absolute atomic E-state index is 9.11. The standard InChI is InChI=1S/C18H34N2O/c1-2-10-20-14-15-7-5-11-19-12-6-8-16(18(15)19)17(20)9-3-4-13-21/h15-18,21H,2-14H2,1H3/t15-,16-,17-,18+/m1/s1. The molecule has 0 aromatic carbocycles. The van der Waals surface area contributed by atoms with Gasteiger partial charge in [0.25, 0.3) is 0 Å². The third-order valence-electron chi connectivity index (χ3n) is 6.20. The van der Waals surface area contributed by atoms with Crippen LogP contribution in [0, 0.1) is 11.8 Å². The molecule has 0 spiro atoms. The van der Waals surface area contributed by atoms with Crippen molar-refractivity contribution in [1.82, 2.24) is 9.80 Å². The Bertz CT molecular complexity index is 320. The predicted octanol–water partition coefficient (Wildman–Crippen LogP) is 2.73. The third-order valence-corrected chi connectivity index (χ3v) is 6.20. The quantitative estimate of drug-likeness (QED) is 0.763. The van der Waals surface area contributed by atoms with Crippen LogP contribution in [-0.4, -0.2) is 59.8 Å². The van der Waals surface area contributed by atoms with Crippen molar-refractivity contribution in [2.24, 2.45) is 11.8 Å². The van der Waals surface area contributed by atoms with Crippen LogP contribution in [0.5, 0.6) is 0 Å². The van der Waals surface area contributed by atoms with Crippen molar-refractivity contribution in [3.8, 4) is 0 Å². The van der Waals surface area contributed by atoms with Gasteiger partial charge in [-0.25, -0.2) is 0 Å². The summed E-state index contributed by atoms with van der Waals surface area (Å²) in [5.74, 6) is 1.84. The van der Waals surface area contributed by atoms with Gasteiger partial charge >= 0.3 is 0 Å². The van der Waals surface area contributed by atoms with Gasteiger partial charge in [0.05, 0.1) is 0 Å². The molecule has 0 aliphatic carbocycles. The molecule has 3 aliphatic heterocycles. The van der Waals surface area contributed by atoms with E-state index in [9.17, 15) is 0 Å². The second-order valence-electron chi connectivity index (χ2n) is 7.52. The van der Waals surface area contributed by atoms with Crippen LogP contribution in [-0.2, 0) is 0 Å². The summed E-state index contributed by atoms with van der Waals surface area (Å²) in [5.41, 5.74) is 0. The molecule has 3 saturated heterocycles. The molecule has 0 radical (unpaired) electrons. The zero-order valence-electron chi connectivity index (χ0n) is 13.8. The van der Waals surface area contributed by atoms with Crippen molar-refractivity contribution in [2.45, 2.75) is 70.4 Å². The van der Waals surface area contributed by atoms with E-state index in [0.717, 1.165) is 30.3 Å². The minimum absolute atomic E-state index is 0.364. The van der Waals surface area contributed by atoms with Gasteiger partial charge in [0.15, 0.2) is 0 Å². The van der Waals surface area contributed by atoms with Crippen LogP contribution in [0.1, 0.15) is 58.3 Å². The lowest BCUT2D eigenvalue weighted by atomic mass is 9.69. The maximum atomic E-state index is 9.11. The lowest BCUT2D eigenvalue weighted by Crippen LogP contribution is -2.64. The van der Waals surface area contributed by atoms with Crippen molar-refractivity contribution >= 4 is 0 Å². The first-order valence-electron chi connectivity index (χ1n) is 9.44. The van der Waals surface area contributed by atoms with Gasteiger partial charge in [-0.2, -0.15) is 0 Å². The second-order valence-corrected chi connectivity index (χ2v) is 7.52. The topological polar surface area (TPSA) is 26.7 Å². The number of unbranched alkanes of at least 4 members (excludes halogenated alkanes) is 1. The van der Waals surface area contributed by atoms with Gasteiger partial charge in [-0.15, -0.1) is 0 Å². The van der Waals surface area contributed by atoms with Gasteiger partial charge in [0.1, 0.15) is 0 Å². The Morgan fingerprint density at radius 1 is 1.10 bits per heavy atom. The minimum atomic E-state index is 0.364. The van der Waals surface area contributed by atoms with Crippen molar-refractivity contribution in [1.29, 1.82) is 0 Å². The Balaban J connectivity index is 1.73. The van der Waals surface area contributed by atoms with E-state index in [4.69, 9.17) is 5.11 Å². The van der Waals surface area contributed by atoms with Crippen LogP contribution in [0.4, 0.5) is 0 Å². The fraction of sp³-hybridized carbons (Fsp3) is 1.00. The van der Waals surface area contributed by atoms with E-state index in [-0.39, 0.29) is 0 Å². The fourth-order valence-electron chi connectivity index (χ4n) is 5.49. The lowest BCUT2D eigenvalue weighted by Gasteiger charge is -2.57. The average molecular weight is 294 g/mol. The number of nitrogens with zero attached hydrogens (tertiary/aromatic N) is 2. The highest BCUT2D eigenvalue weighted by Crippen LogP contribution is 2.43. The van der Waals surface area contributed by atoms with Gasteiger partial charge < -0.3 is 5.11 Å². The van der Waals surface area contributed by atoms with E-state index < -0.39 is 0 Å². The number of aliphatic hydroxyl groups excluding tert-OH is 1. The minimum Gasteiger partial charge on any atom is -0.396 e. The molecule has 3 aliphatic rings. The van der Waals surface area contributed by atoms with Gasteiger partial charge in [-0.05, 0) is 82.8 Å². The van der Waals surface area contributed by atoms with E-state index in [1.54, 1.807) is 0 Å². The maximum Gasteiger partial charge on any atom is 0.0431 e. The number of hydrogen-bond acceptors (Lipinski definition) is 3. The largest absolute Gasteiger partial charge is 0.396 e. The summed E-state index contributed by atoms with van der Waals surface area (Å²) in [6, 6.07) is 1.68. The van der Waals surface area contributed by atoms with Crippen molar-refractivity contribution < 1.29 is 5.11 Å². The Morgan fingerprint density at radius 3 is 2.67 bits per heavy atom. The molecule has 3 fully saturated rings. The van der Waals surface area contributed by atoms with Crippen molar-refractivity contribution in [3.05, 3.63) is 0 Å². The first-order chi connectivity index (χ1) is 10.3. The predicted molar refractivity (Wildman–Crippen MR) is 87.4 cm³/mol. The number of likely N-dealkylation sites (tertiary alicyclic amines) is 1. The van der Waals surface area contributed by atoms with Gasteiger partial charge in [-0.3, -0.25) is 9.80 Å². The Morgan fingerprint density at radius 2 is 1.90 bits per heavy atom. The van der Waals surface area contributed by atoms with E-state index in [0.29, 0.717) is 6.61 Å². The summed E-state index contributed by atoms with van der Waals surface area (Å²) >= 11 is 0. The molecule has 0 aromatic heterocycles. The Kier molecular flexibility index (Phi) is 5.58. The molecule has 4 atom stereocenters. The highest BCUT2D eigenvalue weighted by atomic mass is 16.2. The molecular formula is C18H34N2O. The normalized spacial score (nSPS) is 37.4. The van der Waals surface area contributed by atoms with Crippen LogP contribution in [0.25, 0.3) is 0 Å². The summed E-state index contributed by atoms with van der Waals surface area (Å²) in [5, 5.41) is 9.11. The molecule has 122 valence electrons. The van der Waals surface area contributed by atoms with Crippen molar-refractivity contribution in [2.75, 3.05) is 32.8 Å². The number of piperidine rings is 3. The molecule has 3 nitrogen and oxygen atoms in total. The molecule has 0 bridgehead atoms. The molecule has 21 heavy (non-hydrogen) atoms. The average Bonchev–Trinajstić information content (AvgIpc) is 2.51. The van der Waals surface area contributed by atoms with Gasteiger partial charge in [0, 0.05) is 25.2 Å². The highest BCUT2D eigenvalue weighted by Gasteiger charge is 2.47. The molecular weight excluding hydrogens is 260 g/mol. The molecule has 3 heterocycles. The van der Waals surface area contributed by atoms with E-state index in [1.165, 1.54) is 71.1 Å². The monoisotopic (exact) mass is 294 g/mol. The summed E-state index contributed by atoms with van der Waals surface area (Å²) in [6.07, 6.45) is 10.5. The summed E-state index contributed by atoms with van der Waals surface area (Å²) in [6.45, 7) is 8.02. The van der Waals surface area contributed by atoms with Crippen LogP contribution in [0.2, 0.25) is 0 Å². The molecule has 0 aromatic rings. The highest BCUT2D eigenvalue weighted by molar-refractivity contribution is 5.02. The van der Waals surface area contributed by atoms with Gasteiger partial charge in [0.2, 0.25) is 0 Å². The van der Waals surface area contributed by atoms with E-state index in [2.05, 4.69) is 16.7 Å². The Hall–Kier alpha value is -0.120. The van der Waals surface area contributed by atoms with Crippen molar-refractivity contribution in [3.63, 3.8) is 0 Å². The molecule has 0 amide bonds. The summed E-state index contributed by atoms with van der Waals surface area (Å²) in [7, 11) is 0. The molecule has 1 N–H and O–H groups in total. The molecule has 3 rings (SSSR count). The van der Waals surface area contributed by atoms with Gasteiger partial charge in [-0.1, -0.05) is 6.92 Å². The summed E-state index contributed by atoms with van der Waals surface area (Å²) < 4.78 is 0. The molecule has 0 unspecified atom stereocenters. The molecule has 3 heteroatoms. The smallest absolute Gasteiger partial charge is 0.0431 e. The second kappa shape index (κ2) is 7.43. The Labute approximate surface area is 130 Å². The number of rotatable bonds is 6. The summed E-state index contributed by atoms with van der Waals surface area (Å²) in [4.78, 5) is 5.67. The number of aliphatic hydroxyl groups is 1. The van der Waals surface area contributed by atoms with E-state index in [1.807, 2.05) is 0 Å². The first-order valence-corrected chi connectivity index (χ1v) is 9.44. The first kappa shape index (κ1) is 15.8. The van der Waals surface area contributed by atoms with Crippen LogP contribution < -0.4 is 0 Å². The molecule has 0 saturated carbocycles. The third kappa shape index (κ3) is 3.30. The fourth-order valence-corrected chi connectivity index (χ4v) is 5.49. The van der Waals surface area contributed by atoms with Crippen LogP contribution in [0.3, 0.4) is 0 Å². The van der Waals surface area contributed by atoms with Crippen LogP contribution >= 0.6 is 0 Å². The zero-order chi connectivity index (χ0) is 14.7. The zero-order valence-corrected chi connectivity index (χ0v) is 13.8. The SMILES string of the molecule is CCCN1C[C@H]2CCCN3CCC[C@@H]([C@H]23)[C@H]1CCCCO. The van der Waals surface area contributed by atoms with E-state index >= 15 is 0 Å². The number of hydrogen-bond donors (Lipinski definition) is 1.